The van der Waals surface area contributed by atoms with Gasteiger partial charge in [-0.15, -0.1) is 0 Å². The highest BCUT2D eigenvalue weighted by atomic mass is 32.2. The first-order valence-electron chi connectivity index (χ1n) is 4.33. The summed E-state index contributed by atoms with van der Waals surface area (Å²) in [6.45, 7) is 3.18. The van der Waals surface area contributed by atoms with Crippen molar-refractivity contribution in [1.82, 2.24) is 5.32 Å². The van der Waals surface area contributed by atoms with Gasteiger partial charge in [0.1, 0.15) is 0 Å². The number of carbonyl (C=O) groups is 1. The molecule has 0 aliphatic carbocycles. The SMILES string of the molecule is CCS(=O)CCNCCC(=O)OC. The Balaban J connectivity index is 3.17. The molecule has 0 aliphatic rings. The lowest BCUT2D eigenvalue weighted by atomic mass is 10.4. The van der Waals surface area contributed by atoms with Crippen LogP contribution in [0.3, 0.4) is 0 Å². The summed E-state index contributed by atoms with van der Waals surface area (Å²) in [6.07, 6.45) is 0.370. The molecule has 0 aromatic rings. The van der Waals surface area contributed by atoms with Crippen molar-refractivity contribution in [2.75, 3.05) is 31.7 Å². The topological polar surface area (TPSA) is 55.4 Å². The van der Waals surface area contributed by atoms with Gasteiger partial charge in [-0.2, -0.15) is 0 Å². The Morgan fingerprint density at radius 2 is 2.15 bits per heavy atom. The first-order valence-corrected chi connectivity index (χ1v) is 5.82. The molecule has 78 valence electrons. The molecule has 0 heterocycles. The molecule has 1 atom stereocenters. The summed E-state index contributed by atoms with van der Waals surface area (Å²) >= 11 is 0. The van der Waals surface area contributed by atoms with Gasteiger partial charge < -0.3 is 10.1 Å². The van der Waals surface area contributed by atoms with E-state index in [0.29, 0.717) is 31.0 Å². The molecule has 0 saturated heterocycles. The summed E-state index contributed by atoms with van der Waals surface area (Å²) in [7, 11) is 0.648. The number of nitrogens with one attached hydrogen (secondary N) is 1. The van der Waals surface area contributed by atoms with Gasteiger partial charge in [0.25, 0.3) is 0 Å². The normalized spacial score (nSPS) is 12.5. The Kier molecular flexibility index (Phi) is 7.93. The standard InChI is InChI=1S/C8H17NO3S/c1-3-13(11)7-6-9-5-4-8(10)12-2/h9H,3-7H2,1-2H3. The van der Waals surface area contributed by atoms with Crippen LogP contribution in [0.5, 0.6) is 0 Å². The Bertz CT molecular complexity index is 155. The molecular weight excluding hydrogens is 190 g/mol. The number of methoxy groups -OCH3 is 1. The number of esters is 1. The molecule has 0 spiro atoms. The average Bonchev–Trinajstić information content (AvgIpc) is 2.16. The minimum absolute atomic E-state index is 0.218. The van der Waals surface area contributed by atoms with Crippen LogP contribution in [-0.2, 0) is 20.3 Å². The van der Waals surface area contributed by atoms with Crippen LogP contribution in [0, 0.1) is 0 Å². The zero-order valence-electron chi connectivity index (χ0n) is 8.17. The Hall–Kier alpha value is -0.420. The summed E-state index contributed by atoms with van der Waals surface area (Å²) < 4.78 is 15.4. The highest BCUT2D eigenvalue weighted by Crippen LogP contribution is 1.82. The van der Waals surface area contributed by atoms with E-state index in [1.165, 1.54) is 7.11 Å². The third kappa shape index (κ3) is 7.93. The molecule has 1 N–H and O–H groups in total. The van der Waals surface area contributed by atoms with Gasteiger partial charge in [0.2, 0.25) is 0 Å². The summed E-state index contributed by atoms with van der Waals surface area (Å²) in [5.41, 5.74) is 0. The zero-order chi connectivity index (χ0) is 10.1. The summed E-state index contributed by atoms with van der Waals surface area (Å²) in [4.78, 5) is 10.6. The molecule has 0 aromatic heterocycles. The van der Waals surface area contributed by atoms with Crippen molar-refractivity contribution in [2.45, 2.75) is 13.3 Å². The molecule has 1 unspecified atom stereocenters. The van der Waals surface area contributed by atoms with E-state index in [-0.39, 0.29) is 5.97 Å². The van der Waals surface area contributed by atoms with Gasteiger partial charge >= 0.3 is 5.97 Å². The quantitative estimate of drug-likeness (QED) is 0.468. The number of hydrogen-bond acceptors (Lipinski definition) is 4. The molecule has 0 amide bonds. The van der Waals surface area contributed by atoms with Crippen molar-refractivity contribution < 1.29 is 13.7 Å². The van der Waals surface area contributed by atoms with Gasteiger partial charge in [-0.3, -0.25) is 9.00 Å². The maximum Gasteiger partial charge on any atom is 0.306 e. The lowest BCUT2D eigenvalue weighted by Crippen LogP contribution is -2.24. The van der Waals surface area contributed by atoms with Crippen LogP contribution in [0.1, 0.15) is 13.3 Å². The third-order valence-electron chi connectivity index (χ3n) is 1.56. The number of rotatable bonds is 7. The summed E-state index contributed by atoms with van der Waals surface area (Å²) in [5, 5.41) is 3.02. The second-order valence-electron chi connectivity index (χ2n) is 2.51. The van der Waals surface area contributed by atoms with E-state index >= 15 is 0 Å². The van der Waals surface area contributed by atoms with Crippen molar-refractivity contribution in [1.29, 1.82) is 0 Å². The fourth-order valence-corrected chi connectivity index (χ4v) is 1.41. The molecule has 13 heavy (non-hydrogen) atoms. The lowest BCUT2D eigenvalue weighted by Gasteiger charge is -2.02. The van der Waals surface area contributed by atoms with Gasteiger partial charge in [0.15, 0.2) is 0 Å². The van der Waals surface area contributed by atoms with Crippen LogP contribution >= 0.6 is 0 Å². The average molecular weight is 207 g/mol. The number of carbonyl (C=O) groups excluding carboxylic acids is 1. The smallest absolute Gasteiger partial charge is 0.306 e. The number of ether oxygens (including phenoxy) is 1. The van der Waals surface area contributed by atoms with E-state index in [2.05, 4.69) is 10.1 Å². The van der Waals surface area contributed by atoms with Crippen molar-refractivity contribution in [3.05, 3.63) is 0 Å². The van der Waals surface area contributed by atoms with Crippen LogP contribution in [0.2, 0.25) is 0 Å². The molecule has 5 heteroatoms. The van der Waals surface area contributed by atoms with Crippen LogP contribution in [-0.4, -0.2) is 41.9 Å². The number of hydrogen-bond donors (Lipinski definition) is 1. The van der Waals surface area contributed by atoms with E-state index in [9.17, 15) is 9.00 Å². The Morgan fingerprint density at radius 3 is 2.69 bits per heavy atom. The second-order valence-corrected chi connectivity index (χ2v) is 4.37. The van der Waals surface area contributed by atoms with Crippen LogP contribution in [0.25, 0.3) is 0 Å². The molecule has 0 fully saturated rings. The molecular formula is C8H17NO3S. The minimum atomic E-state index is -0.722. The largest absolute Gasteiger partial charge is 0.469 e. The van der Waals surface area contributed by atoms with E-state index in [1.54, 1.807) is 0 Å². The molecule has 0 aliphatic heterocycles. The van der Waals surface area contributed by atoms with E-state index < -0.39 is 10.8 Å². The van der Waals surface area contributed by atoms with Crippen LogP contribution < -0.4 is 5.32 Å². The second kappa shape index (κ2) is 8.19. The molecule has 0 radical (unpaired) electrons. The summed E-state index contributed by atoms with van der Waals surface area (Å²) in [6, 6.07) is 0. The zero-order valence-corrected chi connectivity index (χ0v) is 8.99. The minimum Gasteiger partial charge on any atom is -0.469 e. The monoisotopic (exact) mass is 207 g/mol. The van der Waals surface area contributed by atoms with Crippen molar-refractivity contribution in [3.63, 3.8) is 0 Å². The van der Waals surface area contributed by atoms with Crippen molar-refractivity contribution >= 4 is 16.8 Å². The van der Waals surface area contributed by atoms with E-state index in [0.717, 1.165) is 0 Å². The van der Waals surface area contributed by atoms with Crippen molar-refractivity contribution in [2.24, 2.45) is 0 Å². The first kappa shape index (κ1) is 12.6. The fourth-order valence-electron chi connectivity index (χ4n) is 0.748. The van der Waals surface area contributed by atoms with Crippen molar-refractivity contribution in [3.8, 4) is 0 Å². The third-order valence-corrected chi connectivity index (χ3v) is 2.87. The fraction of sp³-hybridized carbons (Fsp3) is 0.875. The molecule has 4 nitrogen and oxygen atoms in total. The molecule has 0 rings (SSSR count). The predicted molar refractivity (Wildman–Crippen MR) is 53.1 cm³/mol. The molecule has 0 saturated carbocycles. The van der Waals surface area contributed by atoms with Gasteiger partial charge in [-0.1, -0.05) is 6.92 Å². The van der Waals surface area contributed by atoms with Gasteiger partial charge in [0, 0.05) is 35.4 Å². The van der Waals surface area contributed by atoms with Gasteiger partial charge in [-0.25, -0.2) is 0 Å². The predicted octanol–water partition coefficient (Wildman–Crippen LogP) is -0.0923. The molecule has 0 bridgehead atoms. The highest BCUT2D eigenvalue weighted by molar-refractivity contribution is 7.84. The van der Waals surface area contributed by atoms with Gasteiger partial charge in [0.05, 0.1) is 13.5 Å². The maximum atomic E-state index is 10.9. The first-order chi connectivity index (χ1) is 6.20. The lowest BCUT2D eigenvalue weighted by molar-refractivity contribution is -0.140. The molecule has 0 aromatic carbocycles. The summed E-state index contributed by atoms with van der Waals surface area (Å²) in [5.74, 6) is 1.13. The van der Waals surface area contributed by atoms with E-state index in [4.69, 9.17) is 0 Å². The highest BCUT2D eigenvalue weighted by Gasteiger charge is 1.99. The van der Waals surface area contributed by atoms with Gasteiger partial charge in [-0.05, 0) is 0 Å². The Labute approximate surface area is 81.5 Å². The van der Waals surface area contributed by atoms with E-state index in [1.807, 2.05) is 6.92 Å². The maximum absolute atomic E-state index is 10.9. The van der Waals surface area contributed by atoms with Crippen LogP contribution in [0.15, 0.2) is 0 Å². The van der Waals surface area contributed by atoms with Crippen LogP contribution in [0.4, 0.5) is 0 Å². The Morgan fingerprint density at radius 1 is 1.46 bits per heavy atom.